The van der Waals surface area contributed by atoms with Crippen molar-refractivity contribution < 1.29 is 0 Å². The van der Waals surface area contributed by atoms with Gasteiger partial charge >= 0.3 is 0 Å². The number of fused-ring (bicyclic) bond motifs is 1. The molecular formula is C17H18N4. The number of rotatable bonds is 5. The third-order valence-corrected chi connectivity index (χ3v) is 4.12. The standard InChI is InChI=1S/C17H18N4/c1-2-6-13(7-3-1)17(14-9-10-14)18-12-16-20-19-15-8-4-5-11-21(15)16/h1-8,11,14,17-18H,9-10,12H2. The lowest BCUT2D eigenvalue weighted by Crippen LogP contribution is -2.23. The molecule has 21 heavy (non-hydrogen) atoms. The number of hydrogen-bond acceptors (Lipinski definition) is 3. The fraction of sp³-hybridized carbons (Fsp3) is 0.294. The summed E-state index contributed by atoms with van der Waals surface area (Å²) in [4.78, 5) is 0. The summed E-state index contributed by atoms with van der Waals surface area (Å²) < 4.78 is 2.04. The van der Waals surface area contributed by atoms with Gasteiger partial charge in [-0.2, -0.15) is 0 Å². The number of nitrogens with zero attached hydrogens (tertiary/aromatic N) is 3. The summed E-state index contributed by atoms with van der Waals surface area (Å²) in [5.41, 5.74) is 2.27. The van der Waals surface area contributed by atoms with Gasteiger partial charge in [0.05, 0.1) is 6.54 Å². The zero-order valence-corrected chi connectivity index (χ0v) is 11.8. The van der Waals surface area contributed by atoms with Gasteiger partial charge in [-0.15, -0.1) is 10.2 Å². The first kappa shape index (κ1) is 12.5. The largest absolute Gasteiger partial charge is 0.303 e. The summed E-state index contributed by atoms with van der Waals surface area (Å²) in [5, 5.41) is 12.2. The minimum absolute atomic E-state index is 0.419. The summed E-state index contributed by atoms with van der Waals surface area (Å²) in [7, 11) is 0. The molecule has 0 spiro atoms. The van der Waals surface area contributed by atoms with Crippen LogP contribution >= 0.6 is 0 Å². The first-order valence-electron chi connectivity index (χ1n) is 7.49. The van der Waals surface area contributed by atoms with E-state index in [0.29, 0.717) is 6.04 Å². The maximum Gasteiger partial charge on any atom is 0.160 e. The van der Waals surface area contributed by atoms with Crippen molar-refractivity contribution in [2.24, 2.45) is 5.92 Å². The Morgan fingerprint density at radius 1 is 1.05 bits per heavy atom. The molecule has 4 nitrogen and oxygen atoms in total. The van der Waals surface area contributed by atoms with Gasteiger partial charge in [0.25, 0.3) is 0 Å². The SMILES string of the molecule is c1ccc(C(NCc2nnc3ccccn23)C2CC2)cc1. The van der Waals surface area contributed by atoms with Crippen molar-refractivity contribution in [3.05, 3.63) is 66.1 Å². The van der Waals surface area contributed by atoms with Crippen LogP contribution in [0.2, 0.25) is 0 Å². The molecule has 4 heteroatoms. The molecule has 1 fully saturated rings. The first-order valence-corrected chi connectivity index (χ1v) is 7.49. The van der Waals surface area contributed by atoms with E-state index < -0.39 is 0 Å². The molecular weight excluding hydrogens is 260 g/mol. The predicted molar refractivity (Wildman–Crippen MR) is 81.7 cm³/mol. The highest BCUT2D eigenvalue weighted by atomic mass is 15.3. The van der Waals surface area contributed by atoms with Gasteiger partial charge in [-0.1, -0.05) is 36.4 Å². The molecule has 0 bridgehead atoms. The van der Waals surface area contributed by atoms with Crippen LogP contribution in [0.3, 0.4) is 0 Å². The van der Waals surface area contributed by atoms with Gasteiger partial charge in [-0.05, 0) is 36.5 Å². The van der Waals surface area contributed by atoms with Crippen LogP contribution in [0, 0.1) is 5.92 Å². The summed E-state index contributed by atoms with van der Waals surface area (Å²) in [6.45, 7) is 0.737. The molecule has 1 atom stereocenters. The lowest BCUT2D eigenvalue weighted by molar-refractivity contribution is 0.471. The Morgan fingerprint density at radius 3 is 2.67 bits per heavy atom. The first-order chi connectivity index (χ1) is 10.4. The molecule has 0 saturated heterocycles. The van der Waals surface area contributed by atoms with E-state index >= 15 is 0 Å². The molecule has 4 rings (SSSR count). The molecule has 106 valence electrons. The van der Waals surface area contributed by atoms with Crippen LogP contribution in [0.5, 0.6) is 0 Å². The van der Waals surface area contributed by atoms with Crippen LogP contribution in [0.4, 0.5) is 0 Å². The van der Waals surface area contributed by atoms with Crippen molar-refractivity contribution in [1.29, 1.82) is 0 Å². The van der Waals surface area contributed by atoms with Crippen LogP contribution in [-0.4, -0.2) is 14.6 Å². The number of aromatic nitrogens is 3. The highest BCUT2D eigenvalue weighted by Gasteiger charge is 2.32. The Kier molecular flexibility index (Phi) is 3.16. The molecule has 1 N–H and O–H groups in total. The second kappa shape index (κ2) is 5.30. The lowest BCUT2D eigenvalue weighted by Gasteiger charge is -2.18. The fourth-order valence-electron chi connectivity index (χ4n) is 2.86. The van der Waals surface area contributed by atoms with Gasteiger partial charge in [0.15, 0.2) is 11.5 Å². The average Bonchev–Trinajstić information content (AvgIpc) is 3.29. The van der Waals surface area contributed by atoms with Crippen molar-refractivity contribution in [3.8, 4) is 0 Å². The number of nitrogens with one attached hydrogen (secondary N) is 1. The van der Waals surface area contributed by atoms with Gasteiger partial charge in [0.1, 0.15) is 0 Å². The van der Waals surface area contributed by atoms with Gasteiger partial charge in [0.2, 0.25) is 0 Å². The van der Waals surface area contributed by atoms with Gasteiger partial charge in [-0.3, -0.25) is 4.40 Å². The minimum Gasteiger partial charge on any atom is -0.303 e. The van der Waals surface area contributed by atoms with Gasteiger partial charge < -0.3 is 5.32 Å². The summed E-state index contributed by atoms with van der Waals surface area (Å²) >= 11 is 0. The maximum atomic E-state index is 4.29. The van der Waals surface area contributed by atoms with Crippen molar-refractivity contribution >= 4 is 5.65 Å². The smallest absolute Gasteiger partial charge is 0.160 e. The number of pyridine rings is 1. The van der Waals surface area contributed by atoms with Crippen LogP contribution in [0.25, 0.3) is 5.65 Å². The van der Waals surface area contributed by atoms with E-state index in [2.05, 4.69) is 45.8 Å². The lowest BCUT2D eigenvalue weighted by atomic mass is 10.0. The number of benzene rings is 1. The molecule has 1 aliphatic rings. The Morgan fingerprint density at radius 2 is 1.86 bits per heavy atom. The summed E-state index contributed by atoms with van der Waals surface area (Å²) in [6.07, 6.45) is 4.64. The monoisotopic (exact) mass is 278 g/mol. The van der Waals surface area contributed by atoms with Gasteiger partial charge in [-0.25, -0.2) is 0 Å². The van der Waals surface area contributed by atoms with E-state index in [9.17, 15) is 0 Å². The number of hydrogen-bond donors (Lipinski definition) is 1. The minimum atomic E-state index is 0.419. The maximum absolute atomic E-state index is 4.29. The van der Waals surface area contributed by atoms with E-state index in [4.69, 9.17) is 0 Å². The molecule has 1 aromatic carbocycles. The van der Waals surface area contributed by atoms with Crippen LogP contribution in [0.1, 0.15) is 30.3 Å². The summed E-state index contributed by atoms with van der Waals surface area (Å²) in [5.74, 6) is 1.72. The van der Waals surface area contributed by atoms with E-state index in [0.717, 1.165) is 23.9 Å². The normalized spacial score (nSPS) is 16.2. The van der Waals surface area contributed by atoms with Crippen molar-refractivity contribution in [2.75, 3.05) is 0 Å². The zero-order chi connectivity index (χ0) is 14.1. The molecule has 0 radical (unpaired) electrons. The highest BCUT2D eigenvalue weighted by molar-refractivity contribution is 5.37. The second-order valence-electron chi connectivity index (χ2n) is 5.65. The topological polar surface area (TPSA) is 42.2 Å². The average molecular weight is 278 g/mol. The Hall–Kier alpha value is -2.20. The van der Waals surface area contributed by atoms with E-state index in [1.165, 1.54) is 18.4 Å². The molecule has 1 saturated carbocycles. The molecule has 3 aromatic rings. The van der Waals surface area contributed by atoms with Crippen molar-refractivity contribution in [2.45, 2.75) is 25.4 Å². The molecule has 2 aromatic heterocycles. The zero-order valence-electron chi connectivity index (χ0n) is 11.8. The Labute approximate surface area is 123 Å². The van der Waals surface area contributed by atoms with E-state index in [-0.39, 0.29) is 0 Å². The fourth-order valence-corrected chi connectivity index (χ4v) is 2.86. The Balaban J connectivity index is 1.54. The molecule has 1 unspecified atom stereocenters. The third-order valence-electron chi connectivity index (χ3n) is 4.12. The quantitative estimate of drug-likeness (QED) is 0.780. The highest BCUT2D eigenvalue weighted by Crippen LogP contribution is 2.41. The second-order valence-corrected chi connectivity index (χ2v) is 5.65. The van der Waals surface area contributed by atoms with Gasteiger partial charge in [0, 0.05) is 12.2 Å². The molecule has 0 amide bonds. The van der Waals surface area contributed by atoms with Crippen LogP contribution < -0.4 is 5.32 Å². The molecule has 2 heterocycles. The predicted octanol–water partition coefficient (Wildman–Crippen LogP) is 2.97. The van der Waals surface area contributed by atoms with Crippen molar-refractivity contribution in [3.63, 3.8) is 0 Å². The molecule has 0 aliphatic heterocycles. The van der Waals surface area contributed by atoms with Crippen molar-refractivity contribution in [1.82, 2.24) is 19.9 Å². The third kappa shape index (κ3) is 2.54. The van der Waals surface area contributed by atoms with Crippen LogP contribution in [0.15, 0.2) is 54.7 Å². The van der Waals surface area contributed by atoms with E-state index in [1.807, 2.05) is 28.8 Å². The van der Waals surface area contributed by atoms with E-state index in [1.54, 1.807) is 0 Å². The van der Waals surface area contributed by atoms with Crippen LogP contribution in [-0.2, 0) is 6.54 Å². The molecule has 1 aliphatic carbocycles. The summed E-state index contributed by atoms with van der Waals surface area (Å²) in [6, 6.07) is 17.1. The Bertz CT molecular complexity index is 731.